The number of ether oxygens (including phenoxy) is 1. The highest BCUT2D eigenvalue weighted by Gasteiger charge is 2.39. The fraction of sp³-hybridized carbons (Fsp3) is 0.259. The van der Waals surface area contributed by atoms with Gasteiger partial charge in [0.05, 0.1) is 0 Å². The Hall–Kier alpha value is -2.07. The van der Waals surface area contributed by atoms with E-state index in [9.17, 15) is 0 Å². The topological polar surface area (TPSA) is 9.23 Å². The van der Waals surface area contributed by atoms with Gasteiger partial charge in [0.1, 0.15) is 0 Å². The lowest BCUT2D eigenvalue weighted by Gasteiger charge is -2.36. The minimum Gasteiger partial charge on any atom is -0.467 e. The lowest BCUT2D eigenvalue weighted by molar-refractivity contribution is 0.0933. The highest BCUT2D eigenvalue weighted by molar-refractivity contribution is 14.1. The smallest absolute Gasteiger partial charge is 0.185 e. The SMILES string of the molecule is CCCCCCC=C(I)OC(c1ccccc1)(c1ccccc1)c1ccccc1. The zero-order chi connectivity index (χ0) is 20.4. The van der Waals surface area contributed by atoms with Crippen molar-refractivity contribution < 1.29 is 4.74 Å². The van der Waals surface area contributed by atoms with Crippen molar-refractivity contribution in [3.8, 4) is 0 Å². The fourth-order valence-electron chi connectivity index (χ4n) is 3.67. The Morgan fingerprint density at radius 2 is 1.17 bits per heavy atom. The molecule has 3 aromatic rings. The van der Waals surface area contributed by atoms with Crippen LogP contribution in [-0.4, -0.2) is 0 Å². The summed E-state index contributed by atoms with van der Waals surface area (Å²) in [6.45, 7) is 2.25. The van der Waals surface area contributed by atoms with Gasteiger partial charge in [-0.3, -0.25) is 0 Å². The number of hydrogen-bond donors (Lipinski definition) is 0. The molecular weight excluding hydrogens is 467 g/mol. The molecule has 0 saturated carbocycles. The van der Waals surface area contributed by atoms with Gasteiger partial charge in [-0.25, -0.2) is 0 Å². The minimum atomic E-state index is -0.680. The maximum Gasteiger partial charge on any atom is 0.185 e. The van der Waals surface area contributed by atoms with Gasteiger partial charge in [-0.1, -0.05) is 117 Å². The molecule has 3 aromatic carbocycles. The summed E-state index contributed by atoms with van der Waals surface area (Å²) in [6.07, 6.45) is 8.33. The second-order valence-corrected chi connectivity index (χ2v) is 8.30. The number of rotatable bonds is 10. The zero-order valence-corrected chi connectivity index (χ0v) is 19.2. The van der Waals surface area contributed by atoms with Crippen LogP contribution in [0.15, 0.2) is 101 Å². The van der Waals surface area contributed by atoms with Crippen molar-refractivity contribution in [2.75, 3.05) is 0 Å². The van der Waals surface area contributed by atoms with Crippen molar-refractivity contribution >= 4 is 22.6 Å². The highest BCUT2D eigenvalue weighted by Crippen LogP contribution is 2.43. The van der Waals surface area contributed by atoms with Crippen molar-refractivity contribution in [2.24, 2.45) is 0 Å². The Morgan fingerprint density at radius 3 is 1.59 bits per heavy atom. The number of hydrogen-bond acceptors (Lipinski definition) is 1. The van der Waals surface area contributed by atoms with Gasteiger partial charge >= 0.3 is 0 Å². The van der Waals surface area contributed by atoms with E-state index in [1.54, 1.807) is 0 Å². The Balaban J connectivity index is 2.04. The van der Waals surface area contributed by atoms with Crippen molar-refractivity contribution in [1.29, 1.82) is 0 Å². The first-order valence-electron chi connectivity index (χ1n) is 10.5. The number of unbranched alkanes of at least 4 members (excludes halogenated alkanes) is 4. The van der Waals surface area contributed by atoms with Crippen LogP contribution in [0, 0.1) is 0 Å². The molecule has 150 valence electrons. The molecule has 2 heteroatoms. The summed E-state index contributed by atoms with van der Waals surface area (Å²) in [6, 6.07) is 31.6. The van der Waals surface area contributed by atoms with Gasteiger partial charge in [0.2, 0.25) is 0 Å². The summed E-state index contributed by atoms with van der Waals surface area (Å²) in [4.78, 5) is 0. The molecule has 0 fully saturated rings. The lowest BCUT2D eigenvalue weighted by atomic mass is 9.80. The van der Waals surface area contributed by atoms with E-state index in [4.69, 9.17) is 4.74 Å². The number of allylic oxidation sites excluding steroid dienone is 1. The molecule has 3 rings (SSSR count). The summed E-state index contributed by atoms with van der Waals surface area (Å²) in [5, 5.41) is 0. The molecule has 0 heterocycles. The van der Waals surface area contributed by atoms with Gasteiger partial charge in [-0.05, 0) is 41.5 Å². The molecule has 1 nitrogen and oxygen atoms in total. The van der Waals surface area contributed by atoms with Crippen molar-refractivity contribution in [1.82, 2.24) is 0 Å². The summed E-state index contributed by atoms with van der Waals surface area (Å²) >= 11 is 2.35. The Kier molecular flexibility index (Phi) is 8.36. The average molecular weight is 496 g/mol. The predicted molar refractivity (Wildman–Crippen MR) is 131 cm³/mol. The standard InChI is InChI=1S/C27H29IO/c1-2-3-4-5-15-22-26(28)29-27(23-16-9-6-10-17-23,24-18-11-7-12-19-24)25-20-13-8-14-21-25/h6-14,16-22H,2-5,15H2,1H3. The monoisotopic (exact) mass is 496 g/mol. The molecule has 0 aliphatic rings. The van der Waals surface area contributed by atoms with E-state index >= 15 is 0 Å². The first-order valence-corrected chi connectivity index (χ1v) is 11.6. The molecule has 29 heavy (non-hydrogen) atoms. The molecule has 0 aliphatic heterocycles. The van der Waals surface area contributed by atoms with Crippen LogP contribution in [0.3, 0.4) is 0 Å². The Morgan fingerprint density at radius 1 is 0.724 bits per heavy atom. The molecule has 0 amide bonds. The van der Waals surface area contributed by atoms with E-state index in [1.807, 2.05) is 0 Å². The maximum atomic E-state index is 6.85. The largest absolute Gasteiger partial charge is 0.467 e. The molecule has 0 N–H and O–H groups in total. The van der Waals surface area contributed by atoms with Crippen molar-refractivity contribution in [3.63, 3.8) is 0 Å². The summed E-state index contributed by atoms with van der Waals surface area (Å²) in [5.74, 6) is 0. The maximum absolute atomic E-state index is 6.85. The number of halogens is 1. The molecule has 0 bridgehead atoms. The van der Waals surface area contributed by atoms with Crippen LogP contribution in [-0.2, 0) is 10.3 Å². The summed E-state index contributed by atoms with van der Waals surface area (Å²) in [5.41, 5.74) is 2.71. The minimum absolute atomic E-state index is 0.680. The van der Waals surface area contributed by atoms with Gasteiger partial charge in [0.15, 0.2) is 9.37 Å². The van der Waals surface area contributed by atoms with Crippen LogP contribution in [0.25, 0.3) is 0 Å². The van der Waals surface area contributed by atoms with Crippen LogP contribution in [0.5, 0.6) is 0 Å². The van der Waals surface area contributed by atoms with E-state index in [-0.39, 0.29) is 0 Å². The molecule has 0 aromatic heterocycles. The molecule has 0 atom stereocenters. The fourth-order valence-corrected chi connectivity index (χ4v) is 4.31. The Bertz CT molecular complexity index is 776. The third-order valence-corrected chi connectivity index (χ3v) is 5.81. The second kappa shape index (κ2) is 11.2. The Labute approximate surface area is 189 Å². The van der Waals surface area contributed by atoms with Gasteiger partial charge < -0.3 is 4.74 Å². The second-order valence-electron chi connectivity index (χ2n) is 7.24. The third-order valence-electron chi connectivity index (χ3n) is 5.15. The van der Waals surface area contributed by atoms with Crippen LogP contribution in [0.2, 0.25) is 0 Å². The molecule has 0 unspecified atom stereocenters. The highest BCUT2D eigenvalue weighted by atomic mass is 127. The number of benzene rings is 3. The molecule has 0 aliphatic carbocycles. The quantitative estimate of drug-likeness (QED) is 0.119. The van der Waals surface area contributed by atoms with E-state index in [1.165, 1.54) is 25.7 Å². The van der Waals surface area contributed by atoms with Crippen LogP contribution in [0.1, 0.15) is 55.7 Å². The van der Waals surface area contributed by atoms with Gasteiger partial charge in [0.25, 0.3) is 0 Å². The van der Waals surface area contributed by atoms with Gasteiger partial charge in [-0.15, -0.1) is 0 Å². The first kappa shape index (κ1) is 21.6. The molecule has 0 radical (unpaired) electrons. The van der Waals surface area contributed by atoms with Crippen LogP contribution >= 0.6 is 22.6 Å². The van der Waals surface area contributed by atoms with Crippen LogP contribution in [0.4, 0.5) is 0 Å². The molecule has 0 saturated heterocycles. The predicted octanol–water partition coefficient (Wildman–Crippen LogP) is 8.24. The van der Waals surface area contributed by atoms with E-state index in [2.05, 4.69) is 127 Å². The molecule has 0 spiro atoms. The van der Waals surface area contributed by atoms with E-state index < -0.39 is 5.60 Å². The molecular formula is C27H29IO. The normalized spacial score (nSPS) is 12.0. The van der Waals surface area contributed by atoms with Gasteiger partial charge in [0, 0.05) is 16.7 Å². The first-order chi connectivity index (χ1) is 14.3. The summed E-state index contributed by atoms with van der Waals surface area (Å²) < 4.78 is 7.79. The van der Waals surface area contributed by atoms with Crippen molar-refractivity contribution in [2.45, 2.75) is 44.6 Å². The zero-order valence-electron chi connectivity index (χ0n) is 17.1. The van der Waals surface area contributed by atoms with Gasteiger partial charge in [-0.2, -0.15) is 0 Å². The van der Waals surface area contributed by atoms with E-state index in [0.29, 0.717) is 0 Å². The van der Waals surface area contributed by atoms with Crippen molar-refractivity contribution in [3.05, 3.63) is 118 Å². The summed E-state index contributed by atoms with van der Waals surface area (Å²) in [7, 11) is 0. The third kappa shape index (κ3) is 5.51. The van der Waals surface area contributed by atoms with E-state index in [0.717, 1.165) is 26.9 Å². The van der Waals surface area contributed by atoms with Crippen LogP contribution < -0.4 is 0 Å². The average Bonchev–Trinajstić information content (AvgIpc) is 2.79. The lowest BCUT2D eigenvalue weighted by Crippen LogP contribution is -2.32.